The fourth-order valence-corrected chi connectivity index (χ4v) is 9.23. The van der Waals surface area contributed by atoms with Crippen LogP contribution in [0.4, 0.5) is 0 Å². The molecule has 0 atom stereocenters. The Labute approximate surface area is 144 Å². The molecule has 23 heavy (non-hydrogen) atoms. The zero-order valence-corrected chi connectivity index (χ0v) is 16.7. The Morgan fingerprint density at radius 1 is 0.913 bits per heavy atom. The summed E-state index contributed by atoms with van der Waals surface area (Å²) in [5.74, 6) is -0.675. The minimum absolute atomic E-state index is 0.315. The van der Waals surface area contributed by atoms with Gasteiger partial charge in [-0.1, -0.05) is 0 Å². The molecule has 0 spiro atoms. The molecule has 0 unspecified atom stereocenters. The summed E-state index contributed by atoms with van der Waals surface area (Å²) < 4.78 is 0. The van der Waals surface area contributed by atoms with Crippen molar-refractivity contribution in [2.75, 3.05) is 12.3 Å². The van der Waals surface area contributed by atoms with Crippen LogP contribution in [0, 0.1) is 11.3 Å². The molecule has 0 saturated carbocycles. The number of carbonyl (C=O) groups is 1. The second kappa shape index (κ2) is 12.8. The summed E-state index contributed by atoms with van der Waals surface area (Å²) in [5.41, 5.74) is 1.51. The molecular weight excluding hydrogens is 305 g/mol. The Kier molecular flexibility index (Phi) is 12.4. The average molecular weight is 343 g/mol. The number of unbranched alkanes of at least 4 members (excludes halogenated alkanes) is 6. The molecule has 0 aliphatic rings. The van der Waals surface area contributed by atoms with E-state index >= 15 is 0 Å². The molecule has 0 amide bonds. The van der Waals surface area contributed by atoms with Gasteiger partial charge < -0.3 is 0 Å². The Bertz CT molecular complexity index is 353. The summed E-state index contributed by atoms with van der Waals surface area (Å²) in [6.07, 6.45) is 11.7. The number of carboxylic acid groups (broad SMARTS) is 1. The third-order valence-electron chi connectivity index (χ3n) is 5.53. The van der Waals surface area contributed by atoms with Crippen LogP contribution >= 0.6 is 7.26 Å². The van der Waals surface area contributed by atoms with Crippen LogP contribution in [0.3, 0.4) is 0 Å². The number of hydrogen-bond donors (Lipinski definition) is 1. The first-order valence-electron chi connectivity index (χ1n) is 9.45. The van der Waals surface area contributed by atoms with Gasteiger partial charge in [-0.05, 0) is 0 Å². The van der Waals surface area contributed by atoms with Crippen LogP contribution < -0.4 is 0 Å². The summed E-state index contributed by atoms with van der Waals surface area (Å²) in [4.78, 5) is 10.4. The molecular formula is C19H38NO2P. The van der Waals surface area contributed by atoms with Crippen molar-refractivity contribution in [1.29, 1.82) is 5.26 Å². The van der Waals surface area contributed by atoms with Gasteiger partial charge in [0.25, 0.3) is 0 Å². The summed E-state index contributed by atoms with van der Waals surface area (Å²) in [5, 5.41) is 17.6. The maximum atomic E-state index is 10.4. The predicted molar refractivity (Wildman–Crippen MR) is 103 cm³/mol. The molecule has 4 heteroatoms. The summed E-state index contributed by atoms with van der Waals surface area (Å²) >= 11 is 0. The van der Waals surface area contributed by atoms with Gasteiger partial charge in [-0.15, -0.1) is 0 Å². The molecule has 0 bridgehead atoms. The van der Waals surface area contributed by atoms with Gasteiger partial charge >= 0.3 is 144 Å². The molecule has 0 aromatic carbocycles. The van der Waals surface area contributed by atoms with Crippen LogP contribution in [-0.2, 0) is 4.79 Å². The minimum atomic E-state index is -1.35. The summed E-state index contributed by atoms with van der Waals surface area (Å²) in [6.45, 7) is 9.47. The van der Waals surface area contributed by atoms with Crippen molar-refractivity contribution >= 4 is 13.2 Å². The number of carboxylic acids is 1. The fourth-order valence-electron chi connectivity index (χ4n) is 3.85. The van der Waals surface area contributed by atoms with Crippen LogP contribution in [0.15, 0.2) is 0 Å². The first-order chi connectivity index (χ1) is 10.9. The van der Waals surface area contributed by atoms with Gasteiger partial charge in [0, 0.05) is 0 Å². The van der Waals surface area contributed by atoms with Crippen molar-refractivity contribution in [1.82, 2.24) is 0 Å². The maximum absolute atomic E-state index is 10.4. The first-order valence-corrected chi connectivity index (χ1v) is 12.0. The Morgan fingerprint density at radius 3 is 1.83 bits per heavy atom. The predicted octanol–water partition coefficient (Wildman–Crippen LogP) is 5.67. The molecule has 0 aliphatic carbocycles. The number of aliphatic carboxylic acids is 1. The van der Waals surface area contributed by atoms with Gasteiger partial charge in [0.15, 0.2) is 0 Å². The van der Waals surface area contributed by atoms with Crippen LogP contribution in [0.25, 0.3) is 0 Å². The average Bonchev–Trinajstić information content (AvgIpc) is 2.47. The van der Waals surface area contributed by atoms with Gasteiger partial charge in [-0.2, -0.15) is 0 Å². The molecule has 0 heterocycles. The third-order valence-corrected chi connectivity index (χ3v) is 12.6. The van der Waals surface area contributed by atoms with E-state index in [1.165, 1.54) is 38.3 Å². The zero-order chi connectivity index (χ0) is 17.7. The molecule has 0 fully saturated rings. The van der Waals surface area contributed by atoms with Gasteiger partial charge in [0.2, 0.25) is 0 Å². The second-order valence-corrected chi connectivity index (χ2v) is 13.3. The van der Waals surface area contributed by atoms with E-state index < -0.39 is 13.2 Å². The zero-order valence-electron chi connectivity index (χ0n) is 15.7. The number of nitriles is 1. The standard InChI is InChI=1S/C19H38NO2P/c1-17(2)23(18(3)4,16-12-14-20)15-11-9-7-5-6-8-10-13-19(21)22/h17-18,23H,5-13,15-16H2,1-4H3,(H,21,22). The summed E-state index contributed by atoms with van der Waals surface area (Å²) in [7, 11) is -1.35. The Hall–Kier alpha value is -0.610. The third kappa shape index (κ3) is 9.31. The number of rotatable bonds is 14. The molecule has 0 aliphatic heterocycles. The molecule has 0 aromatic rings. The van der Waals surface area contributed by atoms with Crippen molar-refractivity contribution in [3.8, 4) is 6.07 Å². The van der Waals surface area contributed by atoms with E-state index in [2.05, 4.69) is 33.8 Å². The van der Waals surface area contributed by atoms with E-state index in [-0.39, 0.29) is 0 Å². The van der Waals surface area contributed by atoms with Crippen LogP contribution in [0.1, 0.15) is 85.5 Å². The SMILES string of the molecule is CC(C)[PH](CCC#N)(CCCCCCCCCC(=O)O)C(C)C. The van der Waals surface area contributed by atoms with Crippen molar-refractivity contribution in [3.05, 3.63) is 0 Å². The number of nitrogens with zero attached hydrogens (tertiary/aromatic N) is 1. The molecule has 3 nitrogen and oxygen atoms in total. The molecule has 0 saturated heterocycles. The van der Waals surface area contributed by atoms with Gasteiger partial charge in [0.05, 0.1) is 0 Å². The van der Waals surface area contributed by atoms with Crippen molar-refractivity contribution in [3.63, 3.8) is 0 Å². The normalized spacial score (nSPS) is 12.6. The second-order valence-electron chi connectivity index (χ2n) is 7.57. The molecule has 0 rings (SSSR count). The quantitative estimate of drug-likeness (QED) is 0.326. The van der Waals surface area contributed by atoms with Gasteiger partial charge in [0.1, 0.15) is 0 Å². The van der Waals surface area contributed by atoms with E-state index in [0.717, 1.165) is 36.7 Å². The van der Waals surface area contributed by atoms with E-state index in [1.807, 2.05) is 0 Å². The van der Waals surface area contributed by atoms with Crippen molar-refractivity contribution in [2.24, 2.45) is 0 Å². The van der Waals surface area contributed by atoms with E-state index in [4.69, 9.17) is 10.4 Å². The Morgan fingerprint density at radius 2 is 1.39 bits per heavy atom. The van der Waals surface area contributed by atoms with Gasteiger partial charge in [-0.25, -0.2) is 0 Å². The number of hydrogen-bond acceptors (Lipinski definition) is 2. The molecule has 0 radical (unpaired) electrons. The van der Waals surface area contributed by atoms with Crippen LogP contribution in [0.2, 0.25) is 0 Å². The molecule has 1 N–H and O–H groups in total. The fraction of sp³-hybridized carbons (Fsp3) is 0.895. The van der Waals surface area contributed by atoms with Crippen LogP contribution in [-0.4, -0.2) is 34.7 Å². The molecule has 0 aromatic heterocycles. The van der Waals surface area contributed by atoms with E-state index in [1.54, 1.807) is 0 Å². The summed E-state index contributed by atoms with van der Waals surface area (Å²) in [6, 6.07) is 2.36. The monoisotopic (exact) mass is 343 g/mol. The van der Waals surface area contributed by atoms with E-state index in [0.29, 0.717) is 6.42 Å². The van der Waals surface area contributed by atoms with E-state index in [9.17, 15) is 4.79 Å². The Balaban J connectivity index is 4.00. The molecule has 136 valence electrons. The first kappa shape index (κ1) is 22.4. The van der Waals surface area contributed by atoms with Crippen LogP contribution in [0.5, 0.6) is 0 Å². The van der Waals surface area contributed by atoms with Crippen molar-refractivity contribution < 1.29 is 9.90 Å². The topological polar surface area (TPSA) is 61.1 Å². The van der Waals surface area contributed by atoms with Crippen molar-refractivity contribution in [2.45, 2.75) is 96.8 Å². The van der Waals surface area contributed by atoms with Gasteiger partial charge in [-0.3, -0.25) is 0 Å².